The predicted octanol–water partition coefficient (Wildman–Crippen LogP) is 5.36. The average Bonchev–Trinajstić information content (AvgIpc) is 3.63. The molecule has 2 aliphatic carbocycles. The summed E-state index contributed by atoms with van der Waals surface area (Å²) in [5, 5.41) is 1.22. The van der Waals surface area contributed by atoms with E-state index in [1.165, 1.54) is 65.4 Å². The lowest BCUT2D eigenvalue weighted by atomic mass is 9.81. The van der Waals surface area contributed by atoms with Crippen LogP contribution in [-0.2, 0) is 22.5 Å². The molecule has 3 fully saturated rings. The van der Waals surface area contributed by atoms with Crippen LogP contribution >= 0.6 is 0 Å². The number of carbonyl (C=O) groups excluding carboxylic acids is 2. The van der Waals surface area contributed by atoms with Crippen molar-refractivity contribution in [1.29, 1.82) is 0 Å². The van der Waals surface area contributed by atoms with E-state index in [4.69, 9.17) is 10.5 Å². The Labute approximate surface area is 224 Å². The van der Waals surface area contributed by atoms with Crippen LogP contribution in [0.5, 0.6) is 0 Å². The second-order valence-electron chi connectivity index (χ2n) is 11.9. The van der Waals surface area contributed by atoms with Gasteiger partial charge in [-0.05, 0) is 60.4 Å². The Morgan fingerprint density at radius 1 is 1.05 bits per heavy atom. The Morgan fingerprint density at radius 3 is 2.58 bits per heavy atom. The van der Waals surface area contributed by atoms with Crippen molar-refractivity contribution in [3.63, 3.8) is 0 Å². The molecule has 2 unspecified atom stereocenters. The van der Waals surface area contributed by atoms with Gasteiger partial charge in [0.05, 0.1) is 24.3 Å². The minimum atomic E-state index is -0.456. The lowest BCUT2D eigenvalue weighted by Gasteiger charge is -2.31. The molecule has 2 aliphatic heterocycles. The largest absolute Gasteiger partial charge is 0.378 e. The van der Waals surface area contributed by atoms with E-state index in [-0.39, 0.29) is 11.8 Å². The number of benzene rings is 2. The van der Waals surface area contributed by atoms with Gasteiger partial charge in [-0.2, -0.15) is 0 Å². The third kappa shape index (κ3) is 3.56. The van der Waals surface area contributed by atoms with E-state index >= 15 is 0 Å². The Morgan fingerprint density at radius 2 is 1.84 bits per heavy atom. The van der Waals surface area contributed by atoms with Gasteiger partial charge in [0.25, 0.3) is 0 Å². The molecule has 2 N–H and O–H groups in total. The summed E-state index contributed by atoms with van der Waals surface area (Å²) in [6.07, 6.45) is 8.02. The normalized spacial score (nSPS) is 24.9. The molecule has 7 rings (SSSR count). The molecule has 2 saturated carbocycles. The molecule has 0 radical (unpaired) electrons. The van der Waals surface area contributed by atoms with Gasteiger partial charge in [-0.1, -0.05) is 50.5 Å². The van der Waals surface area contributed by atoms with Gasteiger partial charge in [0.2, 0.25) is 11.8 Å². The van der Waals surface area contributed by atoms with Crippen LogP contribution in [0.25, 0.3) is 22.2 Å². The molecule has 0 bridgehead atoms. The first kappa shape index (κ1) is 24.0. The summed E-state index contributed by atoms with van der Waals surface area (Å²) >= 11 is 0. The van der Waals surface area contributed by atoms with E-state index in [9.17, 15) is 9.59 Å². The fraction of sp³-hybridized carbons (Fsp3) is 0.500. The second-order valence-corrected chi connectivity index (χ2v) is 11.9. The van der Waals surface area contributed by atoms with Crippen molar-refractivity contribution in [3.05, 3.63) is 58.7 Å². The molecule has 1 saturated heterocycles. The first-order valence-electron chi connectivity index (χ1n) is 14.5. The van der Waals surface area contributed by atoms with Crippen LogP contribution < -0.4 is 5.73 Å². The number of amides is 2. The number of aromatic nitrogens is 1. The molecule has 1 aromatic heterocycles. The molecule has 2 aromatic carbocycles. The molecule has 2 amide bonds. The molecule has 0 spiro atoms. The van der Waals surface area contributed by atoms with Gasteiger partial charge in [0, 0.05) is 47.6 Å². The third-order valence-electron chi connectivity index (χ3n) is 9.80. The number of primary amides is 1. The Hall–Kier alpha value is -3.12. The summed E-state index contributed by atoms with van der Waals surface area (Å²) in [6.45, 7) is 5.38. The molecule has 3 heterocycles. The van der Waals surface area contributed by atoms with Crippen molar-refractivity contribution in [2.75, 3.05) is 26.3 Å². The number of aryl methyl sites for hydroxylation is 1. The van der Waals surface area contributed by atoms with Crippen molar-refractivity contribution in [3.8, 4) is 11.3 Å². The summed E-state index contributed by atoms with van der Waals surface area (Å²) in [4.78, 5) is 28.5. The summed E-state index contributed by atoms with van der Waals surface area (Å²) < 4.78 is 7.98. The molecule has 6 nitrogen and oxygen atoms in total. The van der Waals surface area contributed by atoms with Crippen LogP contribution in [0.2, 0.25) is 0 Å². The number of nitrogens with two attached hydrogens (primary N) is 1. The molecular weight excluding hydrogens is 474 g/mol. The monoisotopic (exact) mass is 511 g/mol. The Kier molecular flexibility index (Phi) is 5.66. The van der Waals surface area contributed by atoms with E-state index < -0.39 is 11.3 Å². The highest BCUT2D eigenvalue weighted by Gasteiger charge is 2.63. The van der Waals surface area contributed by atoms with Gasteiger partial charge in [-0.25, -0.2) is 0 Å². The molecule has 2 atom stereocenters. The quantitative estimate of drug-likeness (QED) is 0.512. The van der Waals surface area contributed by atoms with Crippen LogP contribution in [0.15, 0.2) is 36.4 Å². The first-order valence-corrected chi connectivity index (χ1v) is 14.5. The SMILES string of the molecule is CCc1ccc2c(c1)C1CC1(C(=O)N1CCOCC1)Cn1c-2c(C2CCCCC2)c2ccc(C(N)=O)cc21. The Bertz CT molecular complexity index is 1440. The van der Waals surface area contributed by atoms with Crippen LogP contribution in [-0.4, -0.2) is 47.6 Å². The molecule has 198 valence electrons. The van der Waals surface area contributed by atoms with Crippen molar-refractivity contribution in [2.24, 2.45) is 11.1 Å². The fourth-order valence-corrected chi connectivity index (χ4v) is 7.68. The van der Waals surface area contributed by atoms with E-state index in [2.05, 4.69) is 35.8 Å². The predicted molar refractivity (Wildman–Crippen MR) is 148 cm³/mol. The minimum absolute atomic E-state index is 0.216. The second kappa shape index (κ2) is 8.98. The lowest BCUT2D eigenvalue weighted by Crippen LogP contribution is -2.45. The number of hydrogen-bond acceptors (Lipinski definition) is 3. The maximum Gasteiger partial charge on any atom is 0.248 e. The van der Waals surface area contributed by atoms with Crippen molar-refractivity contribution < 1.29 is 14.3 Å². The highest BCUT2D eigenvalue weighted by atomic mass is 16.5. The van der Waals surface area contributed by atoms with Crippen molar-refractivity contribution in [1.82, 2.24) is 9.47 Å². The number of hydrogen-bond donors (Lipinski definition) is 1. The maximum absolute atomic E-state index is 14.2. The smallest absolute Gasteiger partial charge is 0.248 e. The van der Waals surface area contributed by atoms with E-state index in [0.717, 1.165) is 18.4 Å². The van der Waals surface area contributed by atoms with Crippen LogP contribution in [0, 0.1) is 5.41 Å². The maximum atomic E-state index is 14.2. The lowest BCUT2D eigenvalue weighted by molar-refractivity contribution is -0.141. The van der Waals surface area contributed by atoms with Gasteiger partial charge >= 0.3 is 0 Å². The molecule has 6 heteroatoms. The number of rotatable bonds is 4. The van der Waals surface area contributed by atoms with E-state index in [0.29, 0.717) is 44.3 Å². The zero-order chi connectivity index (χ0) is 26.0. The zero-order valence-corrected chi connectivity index (χ0v) is 22.3. The fourth-order valence-electron chi connectivity index (χ4n) is 7.68. The Balaban J connectivity index is 1.49. The first-order chi connectivity index (χ1) is 18.5. The molecular formula is C32H37N3O3. The van der Waals surface area contributed by atoms with E-state index in [1.807, 2.05) is 17.0 Å². The van der Waals surface area contributed by atoms with Gasteiger partial charge < -0.3 is 19.9 Å². The minimum Gasteiger partial charge on any atom is -0.378 e. The van der Waals surface area contributed by atoms with Crippen molar-refractivity contribution >= 4 is 22.7 Å². The van der Waals surface area contributed by atoms with Gasteiger partial charge in [0.15, 0.2) is 0 Å². The molecule has 4 aliphatic rings. The standard InChI is InChI=1S/C32H37N3O3/c1-2-20-8-10-23-25(16-20)26-18-32(26,31(37)34-12-14-38-15-13-34)19-35-27-17-22(30(33)36)9-11-24(27)28(29(23)35)21-6-4-3-5-7-21/h8-11,16-17,21,26H,2-7,12-15,18-19H2,1H3,(H2,33,36). The molecule has 3 aromatic rings. The van der Waals surface area contributed by atoms with E-state index in [1.54, 1.807) is 0 Å². The number of nitrogens with zero attached hydrogens (tertiary/aromatic N) is 2. The highest BCUT2D eigenvalue weighted by Crippen LogP contribution is 2.66. The summed E-state index contributed by atoms with van der Waals surface area (Å²) in [5.41, 5.74) is 13.5. The van der Waals surface area contributed by atoms with Gasteiger partial charge in [0.1, 0.15) is 0 Å². The summed E-state index contributed by atoms with van der Waals surface area (Å²) in [7, 11) is 0. The average molecular weight is 512 g/mol. The third-order valence-corrected chi connectivity index (χ3v) is 9.80. The van der Waals surface area contributed by atoms with Crippen LogP contribution in [0.3, 0.4) is 0 Å². The van der Waals surface area contributed by atoms with Crippen LogP contribution in [0.4, 0.5) is 0 Å². The number of ether oxygens (including phenoxy) is 1. The topological polar surface area (TPSA) is 77.6 Å². The summed E-state index contributed by atoms with van der Waals surface area (Å²) in [6, 6.07) is 12.9. The van der Waals surface area contributed by atoms with Crippen LogP contribution in [0.1, 0.15) is 84.3 Å². The number of carbonyl (C=O) groups is 2. The number of fused-ring (bicyclic) bond motifs is 7. The van der Waals surface area contributed by atoms with Gasteiger partial charge in [-0.3, -0.25) is 9.59 Å². The van der Waals surface area contributed by atoms with Crippen molar-refractivity contribution in [2.45, 2.75) is 70.3 Å². The highest BCUT2D eigenvalue weighted by molar-refractivity contribution is 6.01. The zero-order valence-electron chi connectivity index (χ0n) is 22.3. The van der Waals surface area contributed by atoms with Gasteiger partial charge in [-0.15, -0.1) is 0 Å². The molecule has 38 heavy (non-hydrogen) atoms. The number of morpholine rings is 1. The summed E-state index contributed by atoms with van der Waals surface area (Å²) in [5.74, 6) is 0.555.